The van der Waals surface area contributed by atoms with Crippen LogP contribution in [0.5, 0.6) is 17.2 Å². The lowest BCUT2D eigenvalue weighted by Crippen LogP contribution is -2.08. The van der Waals surface area contributed by atoms with Gasteiger partial charge >= 0.3 is 0 Å². The van der Waals surface area contributed by atoms with E-state index in [1.807, 2.05) is 6.07 Å². The molecule has 2 N–H and O–H groups in total. The van der Waals surface area contributed by atoms with Crippen molar-refractivity contribution in [3.05, 3.63) is 28.4 Å². The van der Waals surface area contributed by atoms with Crippen molar-refractivity contribution in [3.8, 4) is 17.2 Å². The molecule has 0 fully saturated rings. The Balaban J connectivity index is 2.45. The number of aromatic nitrogens is 2. The third-order valence-electron chi connectivity index (χ3n) is 3.20. The molecule has 0 atom stereocenters. The van der Waals surface area contributed by atoms with Gasteiger partial charge in [0.1, 0.15) is 16.6 Å². The topological polar surface area (TPSA) is 71.5 Å². The molecule has 0 radical (unpaired) electrons. The highest BCUT2D eigenvalue weighted by Crippen LogP contribution is 2.35. The van der Waals surface area contributed by atoms with Gasteiger partial charge < -0.3 is 19.9 Å². The van der Waals surface area contributed by atoms with Crippen LogP contribution in [0.1, 0.15) is 11.3 Å². The van der Waals surface area contributed by atoms with Crippen LogP contribution in [0.2, 0.25) is 5.02 Å². The van der Waals surface area contributed by atoms with Crippen molar-refractivity contribution in [1.29, 1.82) is 0 Å². The number of rotatable bonds is 5. The third kappa shape index (κ3) is 2.85. The number of ether oxygens (including phenoxy) is 3. The Hall–Kier alpha value is -2.08. The first kappa shape index (κ1) is 15.3. The van der Waals surface area contributed by atoms with Gasteiger partial charge in [-0.2, -0.15) is 5.10 Å². The summed E-state index contributed by atoms with van der Waals surface area (Å²) in [4.78, 5) is 0. The zero-order valence-corrected chi connectivity index (χ0v) is 13.2. The van der Waals surface area contributed by atoms with Gasteiger partial charge in [0.15, 0.2) is 11.5 Å². The molecule has 0 unspecified atom stereocenters. The first-order valence-corrected chi connectivity index (χ1v) is 6.66. The predicted octanol–water partition coefficient (Wildman–Crippen LogP) is 2.50. The number of benzene rings is 1. The normalized spacial score (nSPS) is 10.5. The number of nitrogen functional groups attached to an aromatic ring is 1. The van der Waals surface area contributed by atoms with Gasteiger partial charge in [0.25, 0.3) is 0 Å². The van der Waals surface area contributed by atoms with Crippen molar-refractivity contribution in [2.45, 2.75) is 13.5 Å². The van der Waals surface area contributed by atoms with Crippen molar-refractivity contribution in [2.75, 3.05) is 27.1 Å². The van der Waals surface area contributed by atoms with E-state index < -0.39 is 0 Å². The van der Waals surface area contributed by atoms with Gasteiger partial charge in [-0.3, -0.25) is 0 Å². The second-order valence-corrected chi connectivity index (χ2v) is 4.84. The maximum Gasteiger partial charge on any atom is 0.164 e. The van der Waals surface area contributed by atoms with E-state index in [-0.39, 0.29) is 0 Å². The smallest absolute Gasteiger partial charge is 0.164 e. The Morgan fingerprint density at radius 2 is 1.67 bits per heavy atom. The molecule has 2 rings (SSSR count). The Bertz CT molecular complexity index is 655. The average molecular weight is 312 g/mol. The lowest BCUT2D eigenvalue weighted by molar-refractivity contribution is 0.347. The second kappa shape index (κ2) is 6.13. The van der Waals surface area contributed by atoms with Crippen molar-refractivity contribution in [2.24, 2.45) is 0 Å². The highest BCUT2D eigenvalue weighted by molar-refractivity contribution is 6.33. The third-order valence-corrected chi connectivity index (χ3v) is 3.67. The molecule has 6 nitrogen and oxygen atoms in total. The highest BCUT2D eigenvalue weighted by atomic mass is 35.5. The molecule has 1 aromatic carbocycles. The summed E-state index contributed by atoms with van der Waals surface area (Å²) in [5, 5.41) is 4.78. The van der Waals surface area contributed by atoms with Gasteiger partial charge in [-0.1, -0.05) is 11.6 Å². The van der Waals surface area contributed by atoms with Gasteiger partial charge in [0.05, 0.1) is 33.6 Å². The summed E-state index contributed by atoms with van der Waals surface area (Å²) in [5.74, 6) is 2.30. The molecule has 0 saturated heterocycles. The highest BCUT2D eigenvalue weighted by Gasteiger charge is 2.15. The minimum atomic E-state index is 0.420. The van der Waals surface area contributed by atoms with Crippen LogP contribution < -0.4 is 19.9 Å². The largest absolute Gasteiger partial charge is 0.496 e. The summed E-state index contributed by atoms with van der Waals surface area (Å²) in [6.45, 7) is 2.23. The van der Waals surface area contributed by atoms with Crippen LogP contribution in [-0.2, 0) is 6.54 Å². The molecule has 0 saturated carbocycles. The summed E-state index contributed by atoms with van der Waals surface area (Å²) in [5.41, 5.74) is 7.49. The first-order valence-electron chi connectivity index (χ1n) is 6.29. The zero-order valence-electron chi connectivity index (χ0n) is 12.4. The van der Waals surface area contributed by atoms with Crippen LogP contribution >= 0.6 is 11.6 Å². The lowest BCUT2D eigenvalue weighted by Gasteiger charge is -2.14. The van der Waals surface area contributed by atoms with Crippen LogP contribution in [0.25, 0.3) is 0 Å². The van der Waals surface area contributed by atoms with Gasteiger partial charge in [0, 0.05) is 11.6 Å². The molecule has 21 heavy (non-hydrogen) atoms. The van der Waals surface area contributed by atoms with E-state index in [2.05, 4.69) is 5.10 Å². The second-order valence-electron chi connectivity index (χ2n) is 4.46. The molecule has 0 aliphatic carbocycles. The van der Waals surface area contributed by atoms with Crippen LogP contribution in [0.3, 0.4) is 0 Å². The quantitative estimate of drug-likeness (QED) is 0.918. The molecule has 7 heteroatoms. The fourth-order valence-corrected chi connectivity index (χ4v) is 2.21. The molecule has 114 valence electrons. The predicted molar refractivity (Wildman–Crippen MR) is 81.6 cm³/mol. The molecule has 1 aromatic heterocycles. The van der Waals surface area contributed by atoms with Crippen molar-refractivity contribution in [1.82, 2.24) is 9.78 Å². The average Bonchev–Trinajstić information content (AvgIpc) is 2.74. The Morgan fingerprint density at radius 1 is 1.10 bits per heavy atom. The number of nitrogens with two attached hydrogens (primary N) is 1. The molecule has 0 spiro atoms. The van der Waals surface area contributed by atoms with Crippen molar-refractivity contribution >= 4 is 17.4 Å². The first-order chi connectivity index (χ1) is 10.0. The molecule has 0 aliphatic rings. The molecule has 2 aromatic rings. The number of anilines is 1. The van der Waals surface area contributed by atoms with Crippen LogP contribution in [0.4, 0.5) is 5.82 Å². The number of hydrogen-bond donors (Lipinski definition) is 1. The van der Waals surface area contributed by atoms with E-state index in [9.17, 15) is 0 Å². The van der Waals surface area contributed by atoms with Crippen LogP contribution in [0.15, 0.2) is 12.1 Å². The number of aryl methyl sites for hydroxylation is 1. The monoisotopic (exact) mass is 311 g/mol. The number of hydrogen-bond acceptors (Lipinski definition) is 5. The minimum absolute atomic E-state index is 0.420. The summed E-state index contributed by atoms with van der Waals surface area (Å²) in [6, 6.07) is 3.60. The summed E-state index contributed by atoms with van der Waals surface area (Å²) < 4.78 is 17.6. The number of methoxy groups -OCH3 is 3. The molecular weight excluding hydrogens is 294 g/mol. The maximum absolute atomic E-state index is 6.06. The molecule has 0 aliphatic heterocycles. The summed E-state index contributed by atoms with van der Waals surface area (Å²) >= 11 is 6.06. The molecular formula is C14H18ClN3O3. The Kier molecular flexibility index (Phi) is 4.47. The minimum Gasteiger partial charge on any atom is -0.496 e. The fraction of sp³-hybridized carbons (Fsp3) is 0.357. The van der Waals surface area contributed by atoms with Crippen molar-refractivity contribution in [3.63, 3.8) is 0 Å². The van der Waals surface area contributed by atoms with E-state index in [4.69, 9.17) is 31.5 Å². The Labute approximate surface area is 128 Å². The number of nitrogens with zero attached hydrogens (tertiary/aromatic N) is 2. The lowest BCUT2D eigenvalue weighted by atomic mass is 10.1. The van der Waals surface area contributed by atoms with E-state index in [1.54, 1.807) is 39.0 Å². The maximum atomic E-state index is 6.06. The van der Waals surface area contributed by atoms with E-state index in [1.165, 1.54) is 0 Å². The zero-order chi connectivity index (χ0) is 15.6. The van der Waals surface area contributed by atoms with Gasteiger partial charge in [0.2, 0.25) is 0 Å². The summed E-state index contributed by atoms with van der Waals surface area (Å²) in [7, 11) is 4.75. The van der Waals surface area contributed by atoms with Crippen LogP contribution in [-0.4, -0.2) is 31.1 Å². The van der Waals surface area contributed by atoms with Crippen LogP contribution in [0, 0.1) is 6.92 Å². The van der Waals surface area contributed by atoms with E-state index >= 15 is 0 Å². The number of halogens is 1. The van der Waals surface area contributed by atoms with Gasteiger partial charge in [-0.05, 0) is 13.0 Å². The SMILES string of the molecule is COc1cc(OC)c(OC)cc1Cn1nc(C)c(Cl)c1N. The van der Waals surface area contributed by atoms with E-state index in [0.717, 1.165) is 5.56 Å². The van der Waals surface area contributed by atoms with Gasteiger partial charge in [-0.15, -0.1) is 0 Å². The van der Waals surface area contributed by atoms with E-state index in [0.29, 0.717) is 40.3 Å². The summed E-state index contributed by atoms with van der Waals surface area (Å²) in [6.07, 6.45) is 0. The molecule has 0 bridgehead atoms. The van der Waals surface area contributed by atoms with Gasteiger partial charge in [-0.25, -0.2) is 4.68 Å². The molecule has 0 amide bonds. The van der Waals surface area contributed by atoms with Crippen molar-refractivity contribution < 1.29 is 14.2 Å². The Morgan fingerprint density at radius 3 is 2.14 bits per heavy atom. The molecule has 1 heterocycles. The fourth-order valence-electron chi connectivity index (χ4n) is 2.08. The standard InChI is InChI=1S/C14H18ClN3O3/c1-8-13(15)14(16)18(17-8)7-9-5-11(20-3)12(21-4)6-10(9)19-2/h5-6H,7,16H2,1-4H3.